The first-order valence-electron chi connectivity index (χ1n) is 8.94. The Kier molecular flexibility index (Phi) is 5.70. The summed E-state index contributed by atoms with van der Waals surface area (Å²) in [5, 5.41) is 8.00. The van der Waals surface area contributed by atoms with Gasteiger partial charge in [0, 0.05) is 17.1 Å². The monoisotopic (exact) mass is 387 g/mol. The fraction of sp³-hybridized carbons (Fsp3) is 0.400. The minimum atomic E-state index is -0.296. The lowest BCUT2D eigenvalue weighted by atomic mass is 9.86. The molecule has 27 heavy (non-hydrogen) atoms. The van der Waals surface area contributed by atoms with Gasteiger partial charge in [0.2, 0.25) is 0 Å². The van der Waals surface area contributed by atoms with E-state index in [1.165, 1.54) is 0 Å². The standard InChI is InChI=1S/C20H25N3O3S/c1-20(2,3)17(16-8-5-11-27-16)22-18(24)21-15-7-4-6-14(12-15)13-23-9-10-26-19(23)25/h4-8,11-12,17H,9-10,13H2,1-3H3,(H2,21,22,24)/t17-/m0/s1. The molecule has 0 unspecified atom stereocenters. The Bertz CT molecular complexity index is 799. The van der Waals surface area contributed by atoms with Crippen LogP contribution in [0, 0.1) is 5.41 Å². The Hall–Kier alpha value is -2.54. The number of nitrogens with zero attached hydrogens (tertiary/aromatic N) is 1. The number of benzene rings is 1. The number of anilines is 1. The molecule has 2 N–H and O–H groups in total. The van der Waals surface area contributed by atoms with Crippen molar-refractivity contribution in [2.24, 2.45) is 5.41 Å². The van der Waals surface area contributed by atoms with Gasteiger partial charge in [-0.15, -0.1) is 11.3 Å². The maximum Gasteiger partial charge on any atom is 0.410 e. The molecule has 0 radical (unpaired) electrons. The van der Waals surface area contributed by atoms with Gasteiger partial charge in [0.25, 0.3) is 0 Å². The predicted octanol–water partition coefficient (Wildman–Crippen LogP) is 4.61. The molecule has 6 nitrogen and oxygen atoms in total. The fourth-order valence-corrected chi connectivity index (χ4v) is 4.03. The number of amides is 3. The van der Waals surface area contributed by atoms with Gasteiger partial charge in [-0.05, 0) is 34.6 Å². The Balaban J connectivity index is 1.65. The molecule has 0 spiro atoms. The predicted molar refractivity (Wildman–Crippen MR) is 107 cm³/mol. The van der Waals surface area contributed by atoms with Crippen molar-refractivity contribution >= 4 is 29.1 Å². The lowest BCUT2D eigenvalue weighted by Gasteiger charge is -2.30. The third-order valence-electron chi connectivity index (χ3n) is 4.37. The molecule has 1 atom stereocenters. The average molecular weight is 388 g/mol. The molecule has 0 bridgehead atoms. The highest BCUT2D eigenvalue weighted by molar-refractivity contribution is 7.10. The Morgan fingerprint density at radius 2 is 2.11 bits per heavy atom. The molecule has 2 aromatic rings. The number of hydrogen-bond acceptors (Lipinski definition) is 4. The minimum Gasteiger partial charge on any atom is -0.448 e. The molecule has 1 aromatic heterocycles. The molecule has 0 saturated carbocycles. The quantitative estimate of drug-likeness (QED) is 0.787. The molecular weight excluding hydrogens is 362 g/mol. The SMILES string of the molecule is CC(C)(C)[C@@H](NC(=O)Nc1cccc(CN2CCOC2=O)c1)c1cccs1. The topological polar surface area (TPSA) is 70.7 Å². The summed E-state index contributed by atoms with van der Waals surface area (Å²) in [7, 11) is 0. The van der Waals surface area contributed by atoms with Crippen LogP contribution in [0.25, 0.3) is 0 Å². The van der Waals surface area contributed by atoms with Crippen LogP contribution >= 0.6 is 11.3 Å². The van der Waals surface area contributed by atoms with Crippen LogP contribution in [0.5, 0.6) is 0 Å². The van der Waals surface area contributed by atoms with Gasteiger partial charge in [0.15, 0.2) is 0 Å². The van der Waals surface area contributed by atoms with Gasteiger partial charge in [0.05, 0.1) is 12.6 Å². The van der Waals surface area contributed by atoms with Crippen LogP contribution in [0.2, 0.25) is 0 Å². The Morgan fingerprint density at radius 1 is 1.30 bits per heavy atom. The van der Waals surface area contributed by atoms with E-state index in [1.54, 1.807) is 16.2 Å². The van der Waals surface area contributed by atoms with Gasteiger partial charge < -0.3 is 20.3 Å². The van der Waals surface area contributed by atoms with E-state index in [-0.39, 0.29) is 23.6 Å². The number of carbonyl (C=O) groups excluding carboxylic acids is 2. The van der Waals surface area contributed by atoms with Crippen LogP contribution < -0.4 is 10.6 Å². The molecule has 1 fully saturated rings. The van der Waals surface area contributed by atoms with Gasteiger partial charge in [0.1, 0.15) is 6.61 Å². The summed E-state index contributed by atoms with van der Waals surface area (Å²) in [5.74, 6) is 0. The number of ether oxygens (including phenoxy) is 1. The average Bonchev–Trinajstić information content (AvgIpc) is 3.24. The van der Waals surface area contributed by atoms with E-state index >= 15 is 0 Å². The number of cyclic esters (lactones) is 1. The molecule has 2 heterocycles. The number of rotatable bonds is 5. The van der Waals surface area contributed by atoms with Crippen LogP contribution in [-0.2, 0) is 11.3 Å². The molecule has 1 aliphatic rings. The number of nitrogens with one attached hydrogen (secondary N) is 2. The Morgan fingerprint density at radius 3 is 2.74 bits per heavy atom. The maximum atomic E-state index is 12.6. The van der Waals surface area contributed by atoms with Crippen molar-refractivity contribution in [2.45, 2.75) is 33.4 Å². The highest BCUT2D eigenvalue weighted by atomic mass is 32.1. The number of carbonyl (C=O) groups is 2. The van der Waals surface area contributed by atoms with Crippen molar-refractivity contribution in [1.82, 2.24) is 10.2 Å². The van der Waals surface area contributed by atoms with Gasteiger partial charge in [-0.2, -0.15) is 0 Å². The zero-order valence-electron chi connectivity index (χ0n) is 15.8. The number of thiophene rings is 1. The van der Waals surface area contributed by atoms with E-state index in [4.69, 9.17) is 4.74 Å². The molecule has 3 amide bonds. The van der Waals surface area contributed by atoms with Gasteiger partial charge in [-0.25, -0.2) is 9.59 Å². The fourth-order valence-electron chi connectivity index (χ4n) is 3.01. The number of hydrogen-bond donors (Lipinski definition) is 2. The summed E-state index contributed by atoms with van der Waals surface area (Å²) < 4.78 is 4.95. The first-order chi connectivity index (χ1) is 12.8. The summed E-state index contributed by atoms with van der Waals surface area (Å²) in [6.07, 6.45) is -0.296. The molecule has 144 valence electrons. The highest BCUT2D eigenvalue weighted by Gasteiger charge is 2.28. The largest absolute Gasteiger partial charge is 0.448 e. The van der Waals surface area contributed by atoms with Gasteiger partial charge >= 0.3 is 12.1 Å². The summed E-state index contributed by atoms with van der Waals surface area (Å²) in [6.45, 7) is 7.80. The first-order valence-corrected chi connectivity index (χ1v) is 9.82. The third kappa shape index (κ3) is 5.01. The van der Waals surface area contributed by atoms with Gasteiger partial charge in [-0.3, -0.25) is 0 Å². The van der Waals surface area contributed by atoms with Crippen LogP contribution in [0.4, 0.5) is 15.3 Å². The molecule has 1 aliphatic heterocycles. The second-order valence-corrected chi connectivity index (χ2v) is 8.63. The summed E-state index contributed by atoms with van der Waals surface area (Å²) in [5.41, 5.74) is 1.52. The van der Waals surface area contributed by atoms with Crippen molar-refractivity contribution in [3.63, 3.8) is 0 Å². The van der Waals surface area contributed by atoms with E-state index in [9.17, 15) is 9.59 Å². The molecule has 1 aromatic carbocycles. The first kappa shape index (κ1) is 19.2. The van der Waals surface area contributed by atoms with Crippen LogP contribution in [0.15, 0.2) is 41.8 Å². The smallest absolute Gasteiger partial charge is 0.410 e. The van der Waals surface area contributed by atoms with Crippen LogP contribution in [-0.4, -0.2) is 30.2 Å². The van der Waals surface area contributed by atoms with Crippen LogP contribution in [0.1, 0.15) is 37.3 Å². The molecule has 1 saturated heterocycles. The lowest BCUT2D eigenvalue weighted by molar-refractivity contribution is 0.157. The van der Waals surface area contributed by atoms with Crippen molar-refractivity contribution in [3.05, 3.63) is 52.2 Å². The van der Waals surface area contributed by atoms with Crippen molar-refractivity contribution in [3.8, 4) is 0 Å². The van der Waals surface area contributed by atoms with E-state index in [1.807, 2.05) is 41.8 Å². The lowest BCUT2D eigenvalue weighted by Crippen LogP contribution is -2.38. The van der Waals surface area contributed by atoms with Crippen LogP contribution in [0.3, 0.4) is 0 Å². The minimum absolute atomic E-state index is 0.0833. The number of urea groups is 1. The normalized spacial score (nSPS) is 15.4. The summed E-state index contributed by atoms with van der Waals surface area (Å²) in [4.78, 5) is 26.9. The second kappa shape index (κ2) is 8.00. The van der Waals surface area contributed by atoms with E-state index in [2.05, 4.69) is 31.4 Å². The van der Waals surface area contributed by atoms with Crippen molar-refractivity contribution in [1.29, 1.82) is 0 Å². The van der Waals surface area contributed by atoms with Gasteiger partial charge in [-0.1, -0.05) is 39.0 Å². The zero-order valence-corrected chi connectivity index (χ0v) is 16.6. The second-order valence-electron chi connectivity index (χ2n) is 7.65. The summed E-state index contributed by atoms with van der Waals surface area (Å²) >= 11 is 1.63. The molecule has 0 aliphatic carbocycles. The molecule has 3 rings (SSSR count). The summed E-state index contributed by atoms with van der Waals surface area (Å²) in [6, 6.07) is 11.2. The molecular formula is C20H25N3O3S. The van der Waals surface area contributed by atoms with Crippen molar-refractivity contribution < 1.29 is 14.3 Å². The maximum absolute atomic E-state index is 12.6. The Labute approximate surface area is 163 Å². The zero-order chi connectivity index (χ0) is 19.4. The third-order valence-corrected chi connectivity index (χ3v) is 5.31. The highest BCUT2D eigenvalue weighted by Crippen LogP contribution is 2.35. The van der Waals surface area contributed by atoms with E-state index in [0.29, 0.717) is 25.4 Å². The van der Waals surface area contributed by atoms with Crippen molar-refractivity contribution in [2.75, 3.05) is 18.5 Å². The van der Waals surface area contributed by atoms with E-state index in [0.717, 1.165) is 10.4 Å². The van der Waals surface area contributed by atoms with E-state index < -0.39 is 0 Å². The molecule has 7 heteroatoms.